The molecular formula is C16H19ClN4S. The molecule has 0 radical (unpaired) electrons. The molecule has 0 aromatic carbocycles. The van der Waals surface area contributed by atoms with Crippen LogP contribution in [0, 0.1) is 5.92 Å². The predicted molar refractivity (Wildman–Crippen MR) is 96.9 cm³/mol. The Labute approximate surface area is 140 Å². The molecule has 116 valence electrons. The standard InChI is InChI=1S/C16H18N4S.ClH/c1-16(11-4-6-17-7-5-11)18-10-14-12(20-16)9-13(19-14)15-3-2-8-21-15;/h2-3,8-11,17H,4-7H2,1H3;1H. The van der Waals surface area contributed by atoms with Crippen LogP contribution in [-0.2, 0) is 0 Å². The molecule has 1 aromatic heterocycles. The van der Waals surface area contributed by atoms with Crippen LogP contribution in [0.15, 0.2) is 38.6 Å². The van der Waals surface area contributed by atoms with Crippen molar-refractivity contribution in [2.75, 3.05) is 13.1 Å². The van der Waals surface area contributed by atoms with Crippen LogP contribution >= 0.6 is 23.7 Å². The first-order chi connectivity index (χ1) is 10.2. The van der Waals surface area contributed by atoms with E-state index in [1.165, 1.54) is 4.88 Å². The van der Waals surface area contributed by atoms with Gasteiger partial charge in [0, 0.05) is 5.92 Å². The molecule has 22 heavy (non-hydrogen) atoms. The van der Waals surface area contributed by atoms with Crippen LogP contribution < -0.4 is 5.32 Å². The summed E-state index contributed by atoms with van der Waals surface area (Å²) >= 11 is 1.71. The van der Waals surface area contributed by atoms with Crippen molar-refractivity contribution in [2.24, 2.45) is 20.9 Å². The third-order valence-corrected chi connectivity index (χ3v) is 5.35. The van der Waals surface area contributed by atoms with Gasteiger partial charge in [0.1, 0.15) is 5.71 Å². The fourth-order valence-electron chi connectivity index (χ4n) is 3.19. The van der Waals surface area contributed by atoms with E-state index in [4.69, 9.17) is 9.98 Å². The Morgan fingerprint density at radius 3 is 2.82 bits per heavy atom. The molecule has 1 saturated heterocycles. The molecule has 0 spiro atoms. The van der Waals surface area contributed by atoms with Crippen molar-refractivity contribution in [3.8, 4) is 0 Å². The van der Waals surface area contributed by atoms with Crippen LogP contribution in [0.5, 0.6) is 0 Å². The first kappa shape index (κ1) is 15.6. The smallest absolute Gasteiger partial charge is 0.151 e. The van der Waals surface area contributed by atoms with Gasteiger partial charge in [0.2, 0.25) is 0 Å². The van der Waals surface area contributed by atoms with Crippen molar-refractivity contribution in [3.05, 3.63) is 28.5 Å². The molecule has 4 heterocycles. The number of hydrogen-bond acceptors (Lipinski definition) is 5. The molecule has 0 amide bonds. The van der Waals surface area contributed by atoms with E-state index in [9.17, 15) is 0 Å². The number of allylic oxidation sites excluding steroid dienone is 1. The largest absolute Gasteiger partial charge is 0.317 e. The Balaban J connectivity index is 0.00000144. The maximum Gasteiger partial charge on any atom is 0.151 e. The second kappa shape index (κ2) is 6.07. The van der Waals surface area contributed by atoms with Gasteiger partial charge in [0.15, 0.2) is 5.66 Å². The summed E-state index contributed by atoms with van der Waals surface area (Å²) in [6, 6.07) is 4.15. The summed E-state index contributed by atoms with van der Waals surface area (Å²) in [6.45, 7) is 4.29. The lowest BCUT2D eigenvalue weighted by Gasteiger charge is -2.35. The SMILES string of the molecule is CC1(C2CCNCC2)N=CC2=NC(c3cccs3)=CC2=N1.Cl. The Hall–Kier alpha value is -1.30. The maximum atomic E-state index is 4.95. The van der Waals surface area contributed by atoms with E-state index in [1.54, 1.807) is 11.3 Å². The minimum absolute atomic E-state index is 0. The van der Waals surface area contributed by atoms with E-state index in [0.717, 1.165) is 43.1 Å². The minimum Gasteiger partial charge on any atom is -0.317 e. The molecule has 1 unspecified atom stereocenters. The minimum atomic E-state index is -0.322. The van der Waals surface area contributed by atoms with E-state index in [2.05, 4.69) is 40.8 Å². The fourth-order valence-corrected chi connectivity index (χ4v) is 3.87. The Morgan fingerprint density at radius 2 is 2.09 bits per heavy atom. The van der Waals surface area contributed by atoms with E-state index < -0.39 is 0 Å². The highest BCUT2D eigenvalue weighted by molar-refractivity contribution is 7.11. The van der Waals surface area contributed by atoms with Crippen LogP contribution in [0.1, 0.15) is 24.6 Å². The van der Waals surface area contributed by atoms with Gasteiger partial charge in [-0.15, -0.1) is 23.7 Å². The predicted octanol–water partition coefficient (Wildman–Crippen LogP) is 3.21. The number of rotatable bonds is 2. The summed E-state index contributed by atoms with van der Waals surface area (Å²) in [5, 5.41) is 5.49. The van der Waals surface area contributed by atoms with Crippen LogP contribution in [0.25, 0.3) is 5.70 Å². The molecule has 4 rings (SSSR count). The maximum absolute atomic E-state index is 4.95. The summed E-state index contributed by atoms with van der Waals surface area (Å²) in [5.74, 6) is 0.517. The number of nitrogens with one attached hydrogen (secondary N) is 1. The molecule has 0 bridgehead atoms. The first-order valence-corrected chi connectivity index (χ1v) is 8.33. The van der Waals surface area contributed by atoms with E-state index in [0.29, 0.717) is 5.92 Å². The second-order valence-corrected chi connectivity index (χ2v) is 6.83. The average Bonchev–Trinajstić information content (AvgIpc) is 3.16. The summed E-state index contributed by atoms with van der Waals surface area (Å²) in [6.07, 6.45) is 6.30. The Morgan fingerprint density at radius 1 is 1.27 bits per heavy atom. The number of fused-ring (bicyclic) bond motifs is 1. The monoisotopic (exact) mass is 334 g/mol. The highest BCUT2D eigenvalue weighted by Crippen LogP contribution is 2.34. The number of nitrogens with zero attached hydrogens (tertiary/aromatic N) is 3. The molecular weight excluding hydrogens is 316 g/mol. The molecule has 1 N–H and O–H groups in total. The Bertz CT molecular complexity index is 668. The van der Waals surface area contributed by atoms with Crippen molar-refractivity contribution >= 4 is 47.1 Å². The molecule has 3 aliphatic heterocycles. The van der Waals surface area contributed by atoms with Crippen LogP contribution in [0.3, 0.4) is 0 Å². The topological polar surface area (TPSA) is 49.1 Å². The summed E-state index contributed by atoms with van der Waals surface area (Å²) in [7, 11) is 0. The number of halogens is 1. The van der Waals surface area contributed by atoms with Gasteiger partial charge >= 0.3 is 0 Å². The average molecular weight is 335 g/mol. The van der Waals surface area contributed by atoms with Crippen molar-refractivity contribution in [1.82, 2.24) is 5.32 Å². The molecule has 0 aliphatic carbocycles. The second-order valence-electron chi connectivity index (χ2n) is 5.88. The third kappa shape index (κ3) is 2.69. The van der Waals surface area contributed by atoms with Gasteiger partial charge in [0.25, 0.3) is 0 Å². The van der Waals surface area contributed by atoms with Gasteiger partial charge in [-0.2, -0.15) is 0 Å². The normalized spacial score (nSPS) is 27.6. The van der Waals surface area contributed by atoms with Gasteiger partial charge in [0.05, 0.1) is 22.5 Å². The lowest BCUT2D eigenvalue weighted by Crippen LogP contribution is -2.42. The highest BCUT2D eigenvalue weighted by atomic mass is 35.5. The third-order valence-electron chi connectivity index (χ3n) is 4.46. The fraction of sp³-hybridized carbons (Fsp3) is 0.438. The number of piperidine rings is 1. The van der Waals surface area contributed by atoms with E-state index in [-0.39, 0.29) is 18.1 Å². The highest BCUT2D eigenvalue weighted by Gasteiger charge is 2.37. The number of thiophene rings is 1. The lowest BCUT2D eigenvalue weighted by atomic mass is 9.85. The van der Waals surface area contributed by atoms with Gasteiger partial charge in [-0.05, 0) is 50.4 Å². The number of aliphatic imine (C=N–C) groups is 3. The van der Waals surface area contributed by atoms with E-state index >= 15 is 0 Å². The van der Waals surface area contributed by atoms with Crippen LogP contribution in [-0.4, -0.2) is 36.4 Å². The first-order valence-electron chi connectivity index (χ1n) is 7.45. The zero-order valence-electron chi connectivity index (χ0n) is 12.5. The zero-order valence-corrected chi connectivity index (χ0v) is 14.1. The quantitative estimate of drug-likeness (QED) is 0.887. The van der Waals surface area contributed by atoms with E-state index in [1.807, 2.05) is 6.21 Å². The molecule has 1 fully saturated rings. The van der Waals surface area contributed by atoms with Crippen LogP contribution in [0.4, 0.5) is 0 Å². The van der Waals surface area contributed by atoms with Crippen molar-refractivity contribution in [3.63, 3.8) is 0 Å². The van der Waals surface area contributed by atoms with Gasteiger partial charge in [-0.3, -0.25) is 9.98 Å². The molecule has 1 atom stereocenters. The van der Waals surface area contributed by atoms with Gasteiger partial charge in [-0.1, -0.05) is 6.07 Å². The van der Waals surface area contributed by atoms with Crippen molar-refractivity contribution < 1.29 is 0 Å². The van der Waals surface area contributed by atoms with Gasteiger partial charge < -0.3 is 5.32 Å². The van der Waals surface area contributed by atoms with Crippen LogP contribution in [0.2, 0.25) is 0 Å². The summed E-state index contributed by atoms with van der Waals surface area (Å²) < 4.78 is 0. The summed E-state index contributed by atoms with van der Waals surface area (Å²) in [4.78, 5) is 15.5. The van der Waals surface area contributed by atoms with Gasteiger partial charge in [-0.25, -0.2) is 4.99 Å². The molecule has 0 saturated carbocycles. The van der Waals surface area contributed by atoms with Crippen molar-refractivity contribution in [1.29, 1.82) is 0 Å². The lowest BCUT2D eigenvalue weighted by molar-refractivity contribution is 0.244. The molecule has 1 aromatic rings. The molecule has 4 nitrogen and oxygen atoms in total. The Kier molecular flexibility index (Phi) is 4.30. The zero-order chi connectivity index (χ0) is 14.3. The number of hydrogen-bond donors (Lipinski definition) is 1. The van der Waals surface area contributed by atoms with Crippen molar-refractivity contribution in [2.45, 2.75) is 25.4 Å². The molecule has 6 heteroatoms. The molecule has 3 aliphatic rings. The summed E-state index contributed by atoms with van der Waals surface area (Å²) in [5.41, 5.74) is 2.59.